The molecule has 2 nitrogen and oxygen atoms in total. The Morgan fingerprint density at radius 1 is 1.10 bits per heavy atom. The fourth-order valence-corrected chi connectivity index (χ4v) is 3.04. The molecule has 2 N–H and O–H groups in total. The van der Waals surface area contributed by atoms with Gasteiger partial charge in [0.2, 0.25) is 0 Å². The molecule has 0 aromatic heterocycles. The zero-order valence-electron chi connectivity index (χ0n) is 12.0. The Kier molecular flexibility index (Phi) is 5.35. The highest BCUT2D eigenvalue weighted by atomic mass is 79.9. The summed E-state index contributed by atoms with van der Waals surface area (Å²) < 4.78 is 1.09. The summed E-state index contributed by atoms with van der Waals surface area (Å²) in [4.78, 5) is 2.31. The van der Waals surface area contributed by atoms with E-state index in [1.807, 2.05) is 12.1 Å². The third kappa shape index (κ3) is 3.92. The fourth-order valence-electron chi connectivity index (χ4n) is 2.62. The predicted octanol–water partition coefficient (Wildman–Crippen LogP) is 3.97. The Morgan fingerprint density at radius 3 is 2.40 bits per heavy atom. The van der Waals surface area contributed by atoms with Crippen molar-refractivity contribution in [2.75, 3.05) is 7.05 Å². The standard InChI is InChI=1S/C17H21BrN2/c1-13(19)17(15-9-6-10-16(18)11-15)20(2)12-14-7-4-3-5-8-14/h3-11,13,17H,12,19H2,1-2H3. The van der Waals surface area contributed by atoms with Crippen LogP contribution >= 0.6 is 15.9 Å². The topological polar surface area (TPSA) is 29.3 Å². The van der Waals surface area contributed by atoms with Crippen LogP contribution in [0.5, 0.6) is 0 Å². The average Bonchev–Trinajstić information content (AvgIpc) is 2.39. The molecule has 20 heavy (non-hydrogen) atoms. The Bertz CT molecular complexity index is 540. The van der Waals surface area contributed by atoms with E-state index < -0.39 is 0 Å². The van der Waals surface area contributed by atoms with Crippen molar-refractivity contribution >= 4 is 15.9 Å². The molecule has 2 atom stereocenters. The molecule has 3 heteroatoms. The minimum Gasteiger partial charge on any atom is -0.326 e. The molecule has 2 aromatic rings. The van der Waals surface area contributed by atoms with Crippen molar-refractivity contribution in [1.82, 2.24) is 4.90 Å². The molecule has 2 rings (SSSR count). The molecule has 0 bridgehead atoms. The van der Waals surface area contributed by atoms with E-state index in [0.29, 0.717) is 0 Å². The average molecular weight is 333 g/mol. The van der Waals surface area contributed by atoms with Crippen LogP contribution in [0.25, 0.3) is 0 Å². The van der Waals surface area contributed by atoms with Gasteiger partial charge in [-0.25, -0.2) is 0 Å². The molecule has 0 aliphatic rings. The molecule has 0 aliphatic heterocycles. The minimum atomic E-state index is 0.0676. The van der Waals surface area contributed by atoms with Gasteiger partial charge in [0.1, 0.15) is 0 Å². The second-order valence-electron chi connectivity index (χ2n) is 5.26. The van der Waals surface area contributed by atoms with Gasteiger partial charge in [0.15, 0.2) is 0 Å². The van der Waals surface area contributed by atoms with Crippen molar-refractivity contribution < 1.29 is 0 Å². The minimum absolute atomic E-state index is 0.0676. The fraction of sp³-hybridized carbons (Fsp3) is 0.294. The molecule has 0 spiro atoms. The number of nitrogens with zero attached hydrogens (tertiary/aromatic N) is 1. The molecule has 0 saturated heterocycles. The number of benzene rings is 2. The monoisotopic (exact) mass is 332 g/mol. The lowest BCUT2D eigenvalue weighted by molar-refractivity contribution is 0.211. The number of hydrogen-bond acceptors (Lipinski definition) is 2. The third-order valence-corrected chi connectivity index (χ3v) is 3.93. The van der Waals surface area contributed by atoms with Gasteiger partial charge in [-0.2, -0.15) is 0 Å². The van der Waals surface area contributed by atoms with Gasteiger partial charge in [0, 0.05) is 23.1 Å². The Balaban J connectivity index is 2.20. The molecule has 0 heterocycles. The van der Waals surface area contributed by atoms with E-state index in [1.165, 1.54) is 11.1 Å². The lowest BCUT2D eigenvalue weighted by Gasteiger charge is -2.31. The summed E-state index contributed by atoms with van der Waals surface area (Å²) in [6.07, 6.45) is 0. The maximum Gasteiger partial charge on any atom is 0.0497 e. The number of rotatable bonds is 5. The molecule has 106 valence electrons. The highest BCUT2D eigenvalue weighted by Crippen LogP contribution is 2.26. The summed E-state index contributed by atoms with van der Waals surface area (Å²) in [5.41, 5.74) is 8.76. The van der Waals surface area contributed by atoms with Crippen molar-refractivity contribution in [3.05, 3.63) is 70.2 Å². The number of halogens is 1. The van der Waals surface area contributed by atoms with Crippen LogP contribution in [0.15, 0.2) is 59.1 Å². The first-order valence-electron chi connectivity index (χ1n) is 6.83. The molecule has 0 fully saturated rings. The van der Waals surface area contributed by atoms with Gasteiger partial charge in [0.25, 0.3) is 0 Å². The first kappa shape index (κ1) is 15.2. The molecule has 0 radical (unpaired) electrons. The normalized spacial score (nSPS) is 14.2. The zero-order valence-corrected chi connectivity index (χ0v) is 13.5. The summed E-state index contributed by atoms with van der Waals surface area (Å²) in [7, 11) is 2.13. The van der Waals surface area contributed by atoms with Crippen LogP contribution in [0.1, 0.15) is 24.1 Å². The largest absolute Gasteiger partial charge is 0.326 e. The van der Waals surface area contributed by atoms with Crippen LogP contribution in [-0.4, -0.2) is 18.0 Å². The molecular weight excluding hydrogens is 312 g/mol. The summed E-state index contributed by atoms with van der Waals surface area (Å²) in [5.74, 6) is 0. The lowest BCUT2D eigenvalue weighted by Crippen LogP contribution is -2.36. The van der Waals surface area contributed by atoms with Gasteiger partial charge in [-0.05, 0) is 37.2 Å². The van der Waals surface area contributed by atoms with Crippen LogP contribution in [0, 0.1) is 0 Å². The number of nitrogens with two attached hydrogens (primary N) is 1. The van der Waals surface area contributed by atoms with Gasteiger partial charge in [-0.1, -0.05) is 58.4 Å². The van der Waals surface area contributed by atoms with Gasteiger partial charge in [-0.15, -0.1) is 0 Å². The first-order chi connectivity index (χ1) is 9.58. The molecule has 2 unspecified atom stereocenters. The summed E-state index contributed by atoms with van der Waals surface area (Å²) in [6.45, 7) is 2.95. The zero-order chi connectivity index (χ0) is 14.5. The maximum absolute atomic E-state index is 6.22. The smallest absolute Gasteiger partial charge is 0.0497 e. The van der Waals surface area contributed by atoms with E-state index in [2.05, 4.69) is 77.3 Å². The summed E-state index contributed by atoms with van der Waals surface area (Å²) in [6, 6.07) is 19.1. The van der Waals surface area contributed by atoms with Crippen LogP contribution in [-0.2, 0) is 6.54 Å². The highest BCUT2D eigenvalue weighted by Gasteiger charge is 2.21. The van der Waals surface area contributed by atoms with Crippen molar-refractivity contribution in [3.63, 3.8) is 0 Å². The predicted molar refractivity (Wildman–Crippen MR) is 88.4 cm³/mol. The van der Waals surface area contributed by atoms with E-state index >= 15 is 0 Å². The van der Waals surface area contributed by atoms with Gasteiger partial charge >= 0.3 is 0 Å². The molecular formula is C17H21BrN2. The first-order valence-corrected chi connectivity index (χ1v) is 7.62. The van der Waals surface area contributed by atoms with Crippen molar-refractivity contribution in [2.45, 2.75) is 25.6 Å². The lowest BCUT2D eigenvalue weighted by atomic mass is 9.99. The van der Waals surface area contributed by atoms with Crippen LogP contribution in [0.2, 0.25) is 0 Å². The highest BCUT2D eigenvalue weighted by molar-refractivity contribution is 9.10. The molecule has 2 aromatic carbocycles. The maximum atomic E-state index is 6.22. The molecule has 0 saturated carbocycles. The number of likely N-dealkylation sites (N-methyl/N-ethyl adjacent to an activating group) is 1. The quantitative estimate of drug-likeness (QED) is 0.897. The van der Waals surface area contributed by atoms with Crippen molar-refractivity contribution in [3.8, 4) is 0 Å². The third-order valence-electron chi connectivity index (χ3n) is 3.44. The van der Waals surface area contributed by atoms with E-state index in [1.54, 1.807) is 0 Å². The second kappa shape index (κ2) is 7.02. The molecule has 0 amide bonds. The van der Waals surface area contributed by atoms with E-state index in [4.69, 9.17) is 5.73 Å². The van der Waals surface area contributed by atoms with Crippen LogP contribution < -0.4 is 5.73 Å². The Morgan fingerprint density at radius 2 is 1.80 bits per heavy atom. The van der Waals surface area contributed by atoms with E-state index in [-0.39, 0.29) is 12.1 Å². The Hall–Kier alpha value is -1.16. The SMILES string of the molecule is CC(N)C(c1cccc(Br)c1)N(C)Cc1ccccc1. The van der Waals surface area contributed by atoms with Crippen LogP contribution in [0.4, 0.5) is 0 Å². The van der Waals surface area contributed by atoms with Crippen molar-refractivity contribution in [1.29, 1.82) is 0 Å². The molecule has 0 aliphatic carbocycles. The van der Waals surface area contributed by atoms with E-state index in [9.17, 15) is 0 Å². The van der Waals surface area contributed by atoms with Crippen LogP contribution in [0.3, 0.4) is 0 Å². The van der Waals surface area contributed by atoms with Gasteiger partial charge < -0.3 is 5.73 Å². The van der Waals surface area contributed by atoms with Gasteiger partial charge in [-0.3, -0.25) is 4.90 Å². The van der Waals surface area contributed by atoms with E-state index in [0.717, 1.165) is 11.0 Å². The Labute approximate surface area is 129 Å². The summed E-state index contributed by atoms with van der Waals surface area (Å²) >= 11 is 3.54. The second-order valence-corrected chi connectivity index (χ2v) is 6.18. The van der Waals surface area contributed by atoms with Crippen molar-refractivity contribution in [2.24, 2.45) is 5.73 Å². The number of hydrogen-bond donors (Lipinski definition) is 1. The van der Waals surface area contributed by atoms with Gasteiger partial charge in [0.05, 0.1) is 0 Å². The summed E-state index contributed by atoms with van der Waals surface area (Å²) in [5, 5.41) is 0.